The number of hydrogen-bond donors (Lipinski definition) is 1. The number of amides is 1. The molecule has 1 aromatic heterocycles. The van der Waals surface area contributed by atoms with Crippen molar-refractivity contribution >= 4 is 44.3 Å². The molecular weight excluding hydrogens is 442 g/mol. The average molecular weight is 470 g/mol. The van der Waals surface area contributed by atoms with Gasteiger partial charge in [-0.1, -0.05) is 37.5 Å². The number of fused-ring (bicyclic) bond motifs is 1. The molecule has 168 valence electrons. The summed E-state index contributed by atoms with van der Waals surface area (Å²) in [5, 5.41) is 3.87. The molecule has 1 saturated carbocycles. The molecule has 0 unspecified atom stereocenters. The lowest BCUT2D eigenvalue weighted by molar-refractivity contribution is -0.113. The summed E-state index contributed by atoms with van der Waals surface area (Å²) in [6.07, 6.45) is 6.88. The van der Waals surface area contributed by atoms with Crippen LogP contribution in [0.5, 0.6) is 0 Å². The normalized spacial score (nSPS) is 15.2. The number of thioether (sulfide) groups is 1. The van der Waals surface area contributed by atoms with Gasteiger partial charge >= 0.3 is 0 Å². The molecule has 1 N–H and O–H groups in total. The van der Waals surface area contributed by atoms with Gasteiger partial charge in [0.05, 0.1) is 16.2 Å². The van der Waals surface area contributed by atoms with Gasteiger partial charge in [0.25, 0.3) is 0 Å². The van der Waals surface area contributed by atoms with Gasteiger partial charge in [-0.25, -0.2) is 8.42 Å². The van der Waals surface area contributed by atoms with Crippen molar-refractivity contribution in [3.05, 3.63) is 60.8 Å². The molecule has 0 bridgehead atoms. The minimum atomic E-state index is -3.54. The van der Waals surface area contributed by atoms with Crippen molar-refractivity contribution in [3.63, 3.8) is 0 Å². The zero-order chi connectivity index (χ0) is 22.6. The minimum absolute atomic E-state index is 0.0643. The van der Waals surface area contributed by atoms with Crippen molar-refractivity contribution in [3.8, 4) is 0 Å². The zero-order valence-electron chi connectivity index (χ0n) is 18.0. The number of para-hydroxylation sites is 1. The Morgan fingerprint density at radius 1 is 1.06 bits per heavy atom. The molecule has 8 heteroatoms. The Labute approximate surface area is 193 Å². The lowest BCUT2D eigenvalue weighted by Gasteiger charge is -2.30. The summed E-state index contributed by atoms with van der Waals surface area (Å²) in [6, 6.07) is 16.2. The van der Waals surface area contributed by atoms with Crippen LogP contribution in [0.1, 0.15) is 32.1 Å². The van der Waals surface area contributed by atoms with Crippen LogP contribution in [0, 0.1) is 0 Å². The van der Waals surface area contributed by atoms with E-state index in [0.29, 0.717) is 5.69 Å². The number of carbonyl (C=O) groups excluding carboxylic acids is 1. The van der Waals surface area contributed by atoms with E-state index in [9.17, 15) is 13.2 Å². The summed E-state index contributed by atoms with van der Waals surface area (Å²) < 4.78 is 27.4. The fraction of sp³-hybridized carbons (Fsp3) is 0.333. The van der Waals surface area contributed by atoms with Crippen molar-refractivity contribution in [2.75, 3.05) is 18.1 Å². The van der Waals surface area contributed by atoms with E-state index in [1.54, 1.807) is 37.5 Å². The SMILES string of the molecule is CN(C1CCCCC1)S(=O)(=O)c1ccc(NC(=O)CSc2ccnc3ccccc23)cc1. The van der Waals surface area contributed by atoms with Gasteiger partial charge in [0.2, 0.25) is 15.9 Å². The van der Waals surface area contributed by atoms with Gasteiger partial charge in [0.1, 0.15) is 0 Å². The Morgan fingerprint density at radius 3 is 2.53 bits per heavy atom. The zero-order valence-corrected chi connectivity index (χ0v) is 19.7. The van der Waals surface area contributed by atoms with Crippen LogP contribution in [-0.2, 0) is 14.8 Å². The molecule has 0 aliphatic heterocycles. The third kappa shape index (κ3) is 5.14. The van der Waals surface area contributed by atoms with Gasteiger partial charge < -0.3 is 5.32 Å². The highest BCUT2D eigenvalue weighted by Crippen LogP contribution is 2.28. The van der Waals surface area contributed by atoms with Crippen LogP contribution in [0.25, 0.3) is 10.9 Å². The van der Waals surface area contributed by atoms with Crippen LogP contribution in [0.4, 0.5) is 5.69 Å². The van der Waals surface area contributed by atoms with Crippen LogP contribution in [0.2, 0.25) is 0 Å². The molecule has 0 saturated heterocycles. The summed E-state index contributed by atoms with van der Waals surface area (Å²) >= 11 is 1.45. The van der Waals surface area contributed by atoms with Gasteiger partial charge in [-0.05, 0) is 49.2 Å². The number of pyridine rings is 1. The quantitative estimate of drug-likeness (QED) is 0.497. The average Bonchev–Trinajstić information content (AvgIpc) is 2.83. The van der Waals surface area contributed by atoms with E-state index in [4.69, 9.17) is 0 Å². The maximum atomic E-state index is 13.0. The second-order valence-electron chi connectivity index (χ2n) is 8.00. The number of nitrogens with zero attached hydrogens (tertiary/aromatic N) is 2. The van der Waals surface area contributed by atoms with Crippen LogP contribution in [-0.4, -0.2) is 42.5 Å². The van der Waals surface area contributed by atoms with Crippen molar-refractivity contribution < 1.29 is 13.2 Å². The summed E-state index contributed by atoms with van der Waals surface area (Å²) in [5.41, 5.74) is 1.47. The second-order valence-corrected chi connectivity index (χ2v) is 11.0. The lowest BCUT2D eigenvalue weighted by atomic mass is 9.96. The molecule has 1 amide bonds. The molecule has 1 aliphatic carbocycles. The summed E-state index contributed by atoms with van der Waals surface area (Å²) in [5.74, 6) is 0.101. The molecule has 0 radical (unpaired) electrons. The third-order valence-corrected chi connectivity index (χ3v) is 8.87. The topological polar surface area (TPSA) is 79.4 Å². The molecule has 0 spiro atoms. The molecule has 4 rings (SSSR count). The summed E-state index contributed by atoms with van der Waals surface area (Å²) in [7, 11) is -1.87. The highest BCUT2D eigenvalue weighted by atomic mass is 32.2. The van der Waals surface area contributed by atoms with Crippen molar-refractivity contribution in [2.24, 2.45) is 0 Å². The first-order valence-electron chi connectivity index (χ1n) is 10.8. The van der Waals surface area contributed by atoms with Crippen LogP contribution in [0.15, 0.2) is 70.6 Å². The Hall–Kier alpha value is -2.42. The van der Waals surface area contributed by atoms with Gasteiger partial charge in [-0.2, -0.15) is 4.31 Å². The molecule has 32 heavy (non-hydrogen) atoms. The number of benzene rings is 2. The predicted molar refractivity (Wildman–Crippen MR) is 129 cm³/mol. The van der Waals surface area contributed by atoms with E-state index >= 15 is 0 Å². The third-order valence-electron chi connectivity index (χ3n) is 5.87. The first-order valence-corrected chi connectivity index (χ1v) is 13.2. The molecule has 1 heterocycles. The molecule has 6 nitrogen and oxygen atoms in total. The highest BCUT2D eigenvalue weighted by Gasteiger charge is 2.28. The lowest BCUT2D eigenvalue weighted by Crippen LogP contribution is -2.38. The smallest absolute Gasteiger partial charge is 0.243 e. The fourth-order valence-electron chi connectivity index (χ4n) is 4.05. The maximum Gasteiger partial charge on any atom is 0.243 e. The number of aromatic nitrogens is 1. The maximum absolute atomic E-state index is 13.0. The predicted octanol–water partition coefficient (Wildman–Crippen LogP) is 4.92. The summed E-state index contributed by atoms with van der Waals surface area (Å²) in [6.45, 7) is 0. The Balaban J connectivity index is 1.37. The fourth-order valence-corrected chi connectivity index (χ4v) is 6.31. The van der Waals surface area contributed by atoms with E-state index in [2.05, 4.69) is 10.3 Å². The second kappa shape index (κ2) is 10.0. The van der Waals surface area contributed by atoms with Crippen molar-refractivity contribution in [1.29, 1.82) is 0 Å². The van der Waals surface area contributed by atoms with E-state index < -0.39 is 10.0 Å². The number of carbonyl (C=O) groups is 1. The molecule has 1 fully saturated rings. The Kier molecular flexibility index (Phi) is 7.13. The number of anilines is 1. The summed E-state index contributed by atoms with van der Waals surface area (Å²) in [4.78, 5) is 18.0. The van der Waals surface area contributed by atoms with Gasteiger partial charge in [-0.3, -0.25) is 9.78 Å². The Bertz CT molecular complexity index is 1190. The largest absolute Gasteiger partial charge is 0.325 e. The molecule has 3 aromatic rings. The van der Waals surface area contributed by atoms with Crippen LogP contribution >= 0.6 is 11.8 Å². The van der Waals surface area contributed by atoms with Gasteiger partial charge in [0, 0.05) is 35.3 Å². The minimum Gasteiger partial charge on any atom is -0.325 e. The standard InChI is InChI=1S/C24H27N3O3S2/c1-27(19-7-3-2-4-8-19)32(29,30)20-13-11-18(12-14-20)26-24(28)17-31-23-15-16-25-22-10-6-5-9-21(22)23/h5-6,9-16,19H,2-4,7-8,17H2,1H3,(H,26,28). The molecule has 2 aromatic carbocycles. The number of sulfonamides is 1. The molecular formula is C24H27N3O3S2. The molecule has 1 aliphatic rings. The van der Waals surface area contributed by atoms with Crippen molar-refractivity contribution in [2.45, 2.75) is 47.9 Å². The first-order chi connectivity index (χ1) is 15.4. The van der Waals surface area contributed by atoms with Gasteiger partial charge in [-0.15, -0.1) is 11.8 Å². The van der Waals surface area contributed by atoms with E-state index in [1.807, 2.05) is 30.3 Å². The Morgan fingerprint density at radius 2 is 1.78 bits per heavy atom. The molecule has 0 atom stereocenters. The monoisotopic (exact) mass is 469 g/mol. The number of hydrogen-bond acceptors (Lipinski definition) is 5. The number of nitrogens with one attached hydrogen (secondary N) is 1. The van der Waals surface area contributed by atoms with Crippen molar-refractivity contribution in [1.82, 2.24) is 9.29 Å². The number of rotatable bonds is 7. The van der Waals surface area contributed by atoms with Crippen LogP contribution in [0.3, 0.4) is 0 Å². The highest BCUT2D eigenvalue weighted by molar-refractivity contribution is 8.00. The first kappa shape index (κ1) is 22.8. The van der Waals surface area contributed by atoms with Crippen LogP contribution < -0.4 is 5.32 Å². The van der Waals surface area contributed by atoms with Gasteiger partial charge in [0.15, 0.2) is 0 Å². The van der Waals surface area contributed by atoms with E-state index in [-0.39, 0.29) is 22.6 Å². The van der Waals surface area contributed by atoms with E-state index in [0.717, 1.165) is 41.5 Å². The van der Waals surface area contributed by atoms with E-state index in [1.165, 1.54) is 22.5 Å².